The van der Waals surface area contributed by atoms with Gasteiger partial charge in [-0.1, -0.05) is 60.7 Å². The van der Waals surface area contributed by atoms with Crippen LogP contribution in [0.15, 0.2) is 65.7 Å². The van der Waals surface area contributed by atoms with E-state index < -0.39 is 35.5 Å². The first-order valence-corrected chi connectivity index (χ1v) is 9.75. The van der Waals surface area contributed by atoms with Crippen molar-refractivity contribution in [1.29, 1.82) is 0 Å². The van der Waals surface area contributed by atoms with Crippen LogP contribution in [0.3, 0.4) is 0 Å². The number of esters is 3. The van der Waals surface area contributed by atoms with Crippen LogP contribution < -0.4 is 0 Å². The lowest BCUT2D eigenvalue weighted by molar-refractivity contribution is -0.169. The summed E-state index contributed by atoms with van der Waals surface area (Å²) < 4.78 is 15.0. The van der Waals surface area contributed by atoms with Crippen molar-refractivity contribution in [2.24, 2.45) is 10.9 Å². The van der Waals surface area contributed by atoms with E-state index in [-0.39, 0.29) is 0 Å². The molecule has 0 heterocycles. The molecule has 0 aromatic heterocycles. The van der Waals surface area contributed by atoms with Gasteiger partial charge in [-0.15, -0.1) is 0 Å². The quantitative estimate of drug-likeness (QED) is 0.293. The summed E-state index contributed by atoms with van der Waals surface area (Å²) in [6, 6.07) is 16.8. The van der Waals surface area contributed by atoms with Crippen molar-refractivity contribution in [3.8, 4) is 0 Å². The third-order valence-electron chi connectivity index (χ3n) is 4.24. The number of rotatable bonds is 7. The van der Waals surface area contributed by atoms with E-state index in [1.54, 1.807) is 20.8 Å². The van der Waals surface area contributed by atoms with Gasteiger partial charge in [0.25, 0.3) is 0 Å². The number of benzene rings is 2. The van der Waals surface area contributed by atoms with Gasteiger partial charge in [-0.3, -0.25) is 14.6 Å². The fourth-order valence-corrected chi connectivity index (χ4v) is 2.88. The predicted molar refractivity (Wildman–Crippen MR) is 116 cm³/mol. The first kappa shape index (κ1) is 23.8. The molecule has 0 bridgehead atoms. The van der Waals surface area contributed by atoms with Gasteiger partial charge < -0.3 is 14.2 Å². The van der Waals surface area contributed by atoms with Crippen molar-refractivity contribution in [2.75, 3.05) is 14.2 Å². The lowest BCUT2D eigenvalue weighted by atomic mass is 9.97. The third kappa shape index (κ3) is 6.50. The minimum Gasteiger partial charge on any atom is -0.468 e. The lowest BCUT2D eigenvalue weighted by Crippen LogP contribution is -2.44. The molecule has 7 heteroatoms. The highest BCUT2D eigenvalue weighted by atomic mass is 16.6. The Kier molecular flexibility index (Phi) is 8.07. The molecule has 0 saturated heterocycles. The largest absolute Gasteiger partial charge is 0.468 e. The average molecular weight is 425 g/mol. The van der Waals surface area contributed by atoms with Crippen molar-refractivity contribution in [1.82, 2.24) is 0 Å². The van der Waals surface area contributed by atoms with Crippen molar-refractivity contribution < 1.29 is 28.6 Å². The first-order valence-electron chi connectivity index (χ1n) is 9.75. The molecule has 2 aromatic rings. The molecule has 0 radical (unpaired) electrons. The maximum atomic E-state index is 13.1. The molecule has 0 spiro atoms. The van der Waals surface area contributed by atoms with Crippen LogP contribution in [0.4, 0.5) is 0 Å². The molecule has 7 nitrogen and oxygen atoms in total. The summed E-state index contributed by atoms with van der Waals surface area (Å²) in [5.41, 5.74) is 0.975. The number of ether oxygens (including phenoxy) is 3. The zero-order valence-electron chi connectivity index (χ0n) is 18.3. The molecule has 0 saturated carbocycles. The van der Waals surface area contributed by atoms with Gasteiger partial charge in [-0.25, -0.2) is 4.79 Å². The summed E-state index contributed by atoms with van der Waals surface area (Å²) in [5.74, 6) is -4.33. The van der Waals surface area contributed by atoms with Gasteiger partial charge in [0, 0.05) is 11.1 Å². The highest BCUT2D eigenvalue weighted by molar-refractivity contribution is 6.14. The molecule has 0 aliphatic carbocycles. The van der Waals surface area contributed by atoms with Gasteiger partial charge >= 0.3 is 17.9 Å². The van der Waals surface area contributed by atoms with Crippen molar-refractivity contribution in [3.63, 3.8) is 0 Å². The molecule has 0 N–H and O–H groups in total. The molecule has 164 valence electrons. The van der Waals surface area contributed by atoms with E-state index in [9.17, 15) is 14.4 Å². The van der Waals surface area contributed by atoms with Gasteiger partial charge in [0.2, 0.25) is 0 Å². The summed E-state index contributed by atoms with van der Waals surface area (Å²) in [7, 11) is 2.26. The molecule has 0 amide bonds. The van der Waals surface area contributed by atoms with Gasteiger partial charge in [-0.05, 0) is 20.8 Å². The number of carbonyl (C=O) groups excluding carboxylic acids is 3. The van der Waals surface area contributed by atoms with E-state index >= 15 is 0 Å². The summed E-state index contributed by atoms with van der Waals surface area (Å²) in [6.07, 6.45) is 0. The Balaban J connectivity index is 2.71. The zero-order valence-corrected chi connectivity index (χ0v) is 18.3. The van der Waals surface area contributed by atoms with Gasteiger partial charge in [-0.2, -0.15) is 0 Å². The second-order valence-electron chi connectivity index (χ2n) is 7.71. The molecule has 0 unspecified atom stereocenters. The molecule has 1 atom stereocenters. The fourth-order valence-electron chi connectivity index (χ4n) is 2.88. The van der Waals surface area contributed by atoms with Crippen LogP contribution in [-0.2, 0) is 28.6 Å². The summed E-state index contributed by atoms with van der Waals surface area (Å²) >= 11 is 0. The Morgan fingerprint density at radius 2 is 1.16 bits per heavy atom. The number of hydrogen-bond donors (Lipinski definition) is 0. The molecule has 2 aromatic carbocycles. The van der Waals surface area contributed by atoms with Gasteiger partial charge in [0.05, 0.1) is 19.9 Å². The van der Waals surface area contributed by atoms with E-state index in [1.807, 2.05) is 60.7 Å². The molecule has 2 rings (SSSR count). The second-order valence-corrected chi connectivity index (χ2v) is 7.71. The molecule has 0 aliphatic rings. The van der Waals surface area contributed by atoms with E-state index in [0.717, 1.165) is 14.2 Å². The number of aliphatic imine (C=N–C) groups is 1. The Bertz CT molecular complexity index is 874. The SMILES string of the molecule is COC(=O)C(C(=O)OC)[C@H](N=C(c1ccccc1)c1ccccc1)C(=O)OC(C)(C)C. The van der Waals surface area contributed by atoms with Gasteiger partial charge in [0.1, 0.15) is 5.60 Å². The summed E-state index contributed by atoms with van der Waals surface area (Å²) in [5, 5.41) is 0. The first-order chi connectivity index (χ1) is 14.7. The minimum absolute atomic E-state index is 0.426. The van der Waals surface area contributed by atoms with Crippen LogP contribution >= 0.6 is 0 Å². The van der Waals surface area contributed by atoms with Crippen LogP contribution in [0.25, 0.3) is 0 Å². The number of nitrogens with zero attached hydrogens (tertiary/aromatic N) is 1. The monoisotopic (exact) mass is 425 g/mol. The summed E-state index contributed by atoms with van der Waals surface area (Å²) in [4.78, 5) is 42.6. The zero-order chi connectivity index (χ0) is 23.0. The van der Waals surface area contributed by atoms with E-state index in [0.29, 0.717) is 16.8 Å². The molecule has 0 fully saturated rings. The van der Waals surface area contributed by atoms with Crippen molar-refractivity contribution in [3.05, 3.63) is 71.8 Å². The van der Waals surface area contributed by atoms with Crippen LogP contribution in [-0.4, -0.2) is 49.5 Å². The second kappa shape index (κ2) is 10.5. The highest BCUT2D eigenvalue weighted by Crippen LogP contribution is 2.21. The van der Waals surface area contributed by atoms with Crippen molar-refractivity contribution >= 4 is 23.6 Å². The summed E-state index contributed by atoms with van der Waals surface area (Å²) in [6.45, 7) is 5.06. The number of hydrogen-bond acceptors (Lipinski definition) is 7. The van der Waals surface area contributed by atoms with Crippen LogP contribution in [0.5, 0.6) is 0 Å². The maximum Gasteiger partial charge on any atom is 0.332 e. The topological polar surface area (TPSA) is 91.3 Å². The average Bonchev–Trinajstić information content (AvgIpc) is 2.75. The smallest absolute Gasteiger partial charge is 0.332 e. The van der Waals surface area contributed by atoms with Crippen LogP contribution in [0, 0.1) is 5.92 Å². The Morgan fingerprint density at radius 3 is 1.52 bits per heavy atom. The van der Waals surface area contributed by atoms with Crippen LogP contribution in [0.1, 0.15) is 31.9 Å². The van der Waals surface area contributed by atoms with E-state index in [2.05, 4.69) is 4.99 Å². The normalized spacial score (nSPS) is 11.9. The predicted octanol–water partition coefficient (Wildman–Crippen LogP) is 3.20. The highest BCUT2D eigenvalue weighted by Gasteiger charge is 2.43. The Labute approximate surface area is 182 Å². The Morgan fingerprint density at radius 1 is 0.742 bits per heavy atom. The third-order valence-corrected chi connectivity index (χ3v) is 4.24. The number of carbonyl (C=O) groups is 3. The molecule has 31 heavy (non-hydrogen) atoms. The van der Waals surface area contributed by atoms with E-state index in [4.69, 9.17) is 14.2 Å². The Hall–Kier alpha value is -3.48. The van der Waals surface area contributed by atoms with E-state index in [1.165, 1.54) is 0 Å². The molecular weight excluding hydrogens is 398 g/mol. The van der Waals surface area contributed by atoms with Crippen molar-refractivity contribution in [2.45, 2.75) is 32.4 Å². The van der Waals surface area contributed by atoms with Gasteiger partial charge in [0.15, 0.2) is 12.0 Å². The van der Waals surface area contributed by atoms with Crippen LogP contribution in [0.2, 0.25) is 0 Å². The molecule has 0 aliphatic heterocycles. The fraction of sp³-hybridized carbons (Fsp3) is 0.333. The molecular formula is C24H27NO6. The maximum absolute atomic E-state index is 13.1. The number of methoxy groups -OCH3 is 2. The minimum atomic E-state index is -1.62. The standard InChI is InChI=1S/C24H27NO6/c1-24(2,3)31-23(28)20(18(21(26)29-4)22(27)30-5)25-19(16-12-8-6-9-13-16)17-14-10-7-11-15-17/h6-15,18,20H,1-5H3/t20-/m0/s1. The lowest BCUT2D eigenvalue weighted by Gasteiger charge is -2.25.